The van der Waals surface area contributed by atoms with Crippen LogP contribution in [0, 0.1) is 0 Å². The Morgan fingerprint density at radius 2 is 1.91 bits per heavy atom. The first-order valence-electron chi connectivity index (χ1n) is 7.37. The van der Waals surface area contributed by atoms with E-state index in [2.05, 4.69) is 10.3 Å². The highest BCUT2D eigenvalue weighted by Gasteiger charge is 2.50. The zero-order valence-electron chi connectivity index (χ0n) is 12.6. The van der Waals surface area contributed by atoms with Gasteiger partial charge < -0.3 is 5.32 Å². The summed E-state index contributed by atoms with van der Waals surface area (Å²) in [5.41, 5.74) is 0.536. The molecular weight excluding hydrogens is 314 g/mol. The lowest BCUT2D eigenvalue weighted by atomic mass is 9.87. The summed E-state index contributed by atoms with van der Waals surface area (Å²) in [6.45, 7) is 2.06. The normalized spacial score (nSPS) is 20.7. The van der Waals surface area contributed by atoms with Gasteiger partial charge in [-0.1, -0.05) is 54.9 Å². The fraction of sp³-hybridized carbons (Fsp3) is 0.235. The number of rotatable bonds is 4. The minimum absolute atomic E-state index is 0.170. The number of amides is 3. The minimum atomic E-state index is -1.00. The van der Waals surface area contributed by atoms with Crippen LogP contribution >= 0.6 is 11.6 Å². The maximum Gasteiger partial charge on any atom is 0.325 e. The van der Waals surface area contributed by atoms with Crippen molar-refractivity contribution in [1.82, 2.24) is 15.2 Å². The third kappa shape index (κ3) is 2.68. The predicted molar refractivity (Wildman–Crippen MR) is 86.7 cm³/mol. The largest absolute Gasteiger partial charge is 0.325 e. The smallest absolute Gasteiger partial charge is 0.319 e. The van der Waals surface area contributed by atoms with E-state index in [9.17, 15) is 9.59 Å². The molecule has 2 aromatic rings. The minimum Gasteiger partial charge on any atom is -0.319 e. The quantitative estimate of drug-likeness (QED) is 0.692. The van der Waals surface area contributed by atoms with Crippen LogP contribution < -0.4 is 5.32 Å². The number of benzene rings is 1. The van der Waals surface area contributed by atoms with Gasteiger partial charge in [0.1, 0.15) is 10.7 Å². The van der Waals surface area contributed by atoms with E-state index in [4.69, 9.17) is 11.6 Å². The Morgan fingerprint density at radius 1 is 1.17 bits per heavy atom. The number of pyridine rings is 1. The van der Waals surface area contributed by atoms with Crippen molar-refractivity contribution in [2.24, 2.45) is 0 Å². The molecule has 1 aromatic carbocycles. The van der Waals surface area contributed by atoms with E-state index in [0.717, 1.165) is 11.1 Å². The van der Waals surface area contributed by atoms with Gasteiger partial charge in [0.05, 0.1) is 6.54 Å². The molecule has 5 nitrogen and oxygen atoms in total. The molecule has 3 amide bonds. The molecule has 6 heteroatoms. The lowest BCUT2D eigenvalue weighted by Gasteiger charge is -2.25. The lowest BCUT2D eigenvalue weighted by molar-refractivity contribution is -0.132. The molecule has 1 atom stereocenters. The summed E-state index contributed by atoms with van der Waals surface area (Å²) in [7, 11) is 0. The molecule has 1 fully saturated rings. The summed E-state index contributed by atoms with van der Waals surface area (Å²) >= 11 is 5.76. The number of aromatic nitrogens is 1. The van der Waals surface area contributed by atoms with E-state index < -0.39 is 11.6 Å². The number of halogens is 1. The summed E-state index contributed by atoms with van der Waals surface area (Å²) < 4.78 is 0. The summed E-state index contributed by atoms with van der Waals surface area (Å²) in [4.78, 5) is 30.5. The van der Waals surface area contributed by atoms with Gasteiger partial charge >= 0.3 is 6.03 Å². The third-order valence-corrected chi connectivity index (χ3v) is 4.33. The average molecular weight is 330 g/mol. The van der Waals surface area contributed by atoms with Crippen molar-refractivity contribution in [3.05, 3.63) is 64.9 Å². The van der Waals surface area contributed by atoms with Crippen LogP contribution in [-0.2, 0) is 16.9 Å². The van der Waals surface area contributed by atoms with Crippen LogP contribution in [-0.4, -0.2) is 21.8 Å². The van der Waals surface area contributed by atoms with Gasteiger partial charge in [-0.15, -0.1) is 0 Å². The van der Waals surface area contributed by atoms with E-state index in [1.807, 2.05) is 37.3 Å². The Labute approximate surface area is 139 Å². The summed E-state index contributed by atoms with van der Waals surface area (Å²) in [5, 5.41) is 3.23. The number of hydrogen-bond acceptors (Lipinski definition) is 3. The highest BCUT2D eigenvalue weighted by molar-refractivity contribution is 6.29. The Hall–Kier alpha value is -2.40. The topological polar surface area (TPSA) is 62.3 Å². The van der Waals surface area contributed by atoms with Crippen molar-refractivity contribution in [1.29, 1.82) is 0 Å². The van der Waals surface area contributed by atoms with Gasteiger partial charge in [0.15, 0.2) is 0 Å². The van der Waals surface area contributed by atoms with Crippen LogP contribution in [0.2, 0.25) is 5.15 Å². The van der Waals surface area contributed by atoms with E-state index in [1.54, 1.807) is 18.3 Å². The van der Waals surface area contributed by atoms with E-state index in [1.165, 1.54) is 4.90 Å². The van der Waals surface area contributed by atoms with Gasteiger partial charge in [-0.05, 0) is 23.6 Å². The number of urea groups is 1. The number of nitrogens with zero attached hydrogens (tertiary/aromatic N) is 2. The van der Waals surface area contributed by atoms with Crippen molar-refractivity contribution in [2.45, 2.75) is 25.4 Å². The Kier molecular flexibility index (Phi) is 4.05. The molecule has 0 bridgehead atoms. The standard InChI is InChI=1S/C17H16ClN3O2/c1-2-17(13-6-4-3-5-7-13)15(22)21(16(23)20-17)11-12-8-9-14(18)19-10-12/h3-10H,2,11H2,1H3,(H,20,23). The highest BCUT2D eigenvalue weighted by atomic mass is 35.5. The van der Waals surface area contributed by atoms with Gasteiger partial charge in [-0.3, -0.25) is 9.69 Å². The Morgan fingerprint density at radius 3 is 2.52 bits per heavy atom. The first-order chi connectivity index (χ1) is 11.1. The molecule has 1 aliphatic heterocycles. The van der Waals surface area contributed by atoms with Crippen LogP contribution in [0.3, 0.4) is 0 Å². The molecule has 0 aliphatic carbocycles. The Bertz CT molecular complexity index is 733. The number of carbonyl (C=O) groups excluding carboxylic acids is 2. The van der Waals surface area contributed by atoms with Crippen LogP contribution in [0.15, 0.2) is 48.7 Å². The molecular formula is C17H16ClN3O2. The van der Waals surface area contributed by atoms with Gasteiger partial charge in [0, 0.05) is 6.20 Å². The second-order valence-corrected chi connectivity index (χ2v) is 5.82. The molecule has 1 aliphatic rings. The maximum atomic E-state index is 12.9. The van der Waals surface area contributed by atoms with Gasteiger partial charge in [0.2, 0.25) is 0 Å². The molecule has 0 radical (unpaired) electrons. The second-order valence-electron chi connectivity index (χ2n) is 5.44. The summed E-state index contributed by atoms with van der Waals surface area (Å²) in [6, 6.07) is 12.3. The molecule has 1 N–H and O–H groups in total. The molecule has 0 saturated carbocycles. The molecule has 1 unspecified atom stereocenters. The van der Waals surface area contributed by atoms with Gasteiger partial charge in [-0.25, -0.2) is 9.78 Å². The van der Waals surface area contributed by atoms with Gasteiger partial charge in [0.25, 0.3) is 5.91 Å². The number of imide groups is 1. The zero-order valence-corrected chi connectivity index (χ0v) is 13.4. The molecule has 2 heterocycles. The molecule has 1 aromatic heterocycles. The van der Waals surface area contributed by atoms with Crippen molar-refractivity contribution in [3.8, 4) is 0 Å². The molecule has 118 valence electrons. The average Bonchev–Trinajstić information content (AvgIpc) is 2.83. The maximum absolute atomic E-state index is 12.9. The van der Waals surface area contributed by atoms with Crippen molar-refractivity contribution in [2.75, 3.05) is 0 Å². The van der Waals surface area contributed by atoms with Crippen molar-refractivity contribution in [3.63, 3.8) is 0 Å². The molecule has 0 spiro atoms. The number of hydrogen-bond donors (Lipinski definition) is 1. The SMILES string of the molecule is CCC1(c2ccccc2)NC(=O)N(Cc2ccc(Cl)nc2)C1=O. The van der Waals surface area contributed by atoms with Crippen LogP contribution in [0.25, 0.3) is 0 Å². The molecule has 3 rings (SSSR count). The van der Waals surface area contributed by atoms with Crippen molar-refractivity contribution >= 4 is 23.5 Å². The first kappa shape index (κ1) is 15.5. The predicted octanol–water partition coefficient (Wildman–Crippen LogP) is 3.09. The first-order valence-corrected chi connectivity index (χ1v) is 7.74. The lowest BCUT2D eigenvalue weighted by Crippen LogP contribution is -2.43. The number of nitrogens with one attached hydrogen (secondary N) is 1. The third-order valence-electron chi connectivity index (χ3n) is 4.10. The number of carbonyl (C=O) groups is 2. The second kappa shape index (κ2) is 6.01. The van der Waals surface area contributed by atoms with E-state index in [0.29, 0.717) is 11.6 Å². The zero-order chi connectivity index (χ0) is 16.4. The van der Waals surface area contributed by atoms with Crippen LogP contribution in [0.1, 0.15) is 24.5 Å². The fourth-order valence-corrected chi connectivity index (χ4v) is 2.93. The van der Waals surface area contributed by atoms with Gasteiger partial charge in [-0.2, -0.15) is 0 Å². The van der Waals surface area contributed by atoms with Crippen molar-refractivity contribution < 1.29 is 9.59 Å². The molecule has 23 heavy (non-hydrogen) atoms. The summed E-state index contributed by atoms with van der Waals surface area (Å²) in [6.07, 6.45) is 2.05. The highest BCUT2D eigenvalue weighted by Crippen LogP contribution is 2.33. The van der Waals surface area contributed by atoms with E-state index >= 15 is 0 Å². The monoisotopic (exact) mass is 329 g/mol. The summed E-state index contributed by atoms with van der Waals surface area (Å²) in [5.74, 6) is -0.244. The van der Waals surface area contributed by atoms with E-state index in [-0.39, 0.29) is 12.5 Å². The van der Waals surface area contributed by atoms with Crippen LogP contribution in [0.4, 0.5) is 4.79 Å². The van der Waals surface area contributed by atoms with Crippen LogP contribution in [0.5, 0.6) is 0 Å². The Balaban J connectivity index is 1.91. The molecule has 1 saturated heterocycles. The fourth-order valence-electron chi connectivity index (χ4n) is 2.81.